The van der Waals surface area contributed by atoms with Gasteiger partial charge in [-0.3, -0.25) is 9.10 Å². The Labute approximate surface area is 121 Å². The third kappa shape index (κ3) is 2.09. The van der Waals surface area contributed by atoms with Crippen molar-refractivity contribution >= 4 is 17.9 Å². The smallest absolute Gasteiger partial charge is 0.272 e. The fourth-order valence-corrected chi connectivity index (χ4v) is 5.46. The van der Waals surface area contributed by atoms with Gasteiger partial charge in [-0.15, -0.1) is 0 Å². The largest absolute Gasteiger partial charge is 0.308 e. The summed E-state index contributed by atoms with van der Waals surface area (Å²) in [6.07, 6.45) is 3.26. The molecule has 1 saturated carbocycles. The van der Waals surface area contributed by atoms with Gasteiger partial charge in [0.25, 0.3) is 0 Å². The molecule has 0 aromatic rings. The molecule has 0 aromatic carbocycles. The van der Waals surface area contributed by atoms with Crippen LogP contribution in [0.2, 0.25) is 0 Å². The number of amides is 1. The van der Waals surface area contributed by atoms with Crippen LogP contribution in [0.25, 0.3) is 0 Å². The van der Waals surface area contributed by atoms with E-state index in [9.17, 15) is 4.79 Å². The third-order valence-electron chi connectivity index (χ3n) is 5.72. The first kappa shape index (κ1) is 14.8. The topological polar surface area (TPSA) is 20.3 Å². The van der Waals surface area contributed by atoms with Crippen LogP contribution >= 0.6 is 11.9 Å². The highest BCUT2D eigenvalue weighted by Gasteiger charge is 2.60. The van der Waals surface area contributed by atoms with E-state index in [0.29, 0.717) is 5.41 Å². The third-order valence-corrected chi connectivity index (χ3v) is 7.13. The maximum atomic E-state index is 12.2. The quantitative estimate of drug-likeness (QED) is 0.497. The summed E-state index contributed by atoms with van der Waals surface area (Å²) >= 11 is 1.69. The second-order valence-corrected chi connectivity index (χ2v) is 7.49. The Bertz CT molecular complexity index is 434. The van der Waals surface area contributed by atoms with Gasteiger partial charge in [0, 0.05) is 23.6 Å². The molecule has 3 heteroatoms. The summed E-state index contributed by atoms with van der Waals surface area (Å²) < 4.78 is 1.93. The van der Waals surface area contributed by atoms with Gasteiger partial charge < -0.3 is 0 Å². The molecular formula is C16H25NOS. The summed E-state index contributed by atoms with van der Waals surface area (Å²) in [5.74, 6) is 7.45. The van der Waals surface area contributed by atoms with Crippen molar-refractivity contribution in [1.29, 1.82) is 0 Å². The Balaban J connectivity index is 2.23. The molecule has 1 spiro atoms. The Kier molecular flexibility index (Phi) is 3.93. The standard InChI is InChI=1S/C16H25NOS/c1-6-7-8-14(18)17-13(3)16(11-19-17)10-9-12(2)15(16,4)5/h12-13H,6,9-11H2,1-5H3/t12?,13?,16-/m0/s1. The van der Waals surface area contributed by atoms with Crippen LogP contribution < -0.4 is 0 Å². The Morgan fingerprint density at radius 3 is 2.63 bits per heavy atom. The lowest BCUT2D eigenvalue weighted by Gasteiger charge is -2.44. The number of hydrogen-bond acceptors (Lipinski definition) is 2. The molecule has 0 bridgehead atoms. The summed E-state index contributed by atoms with van der Waals surface area (Å²) in [7, 11) is 0. The van der Waals surface area contributed by atoms with E-state index in [1.54, 1.807) is 11.9 Å². The predicted molar refractivity (Wildman–Crippen MR) is 81.4 cm³/mol. The van der Waals surface area contributed by atoms with E-state index < -0.39 is 0 Å². The first-order chi connectivity index (χ1) is 8.87. The lowest BCUT2D eigenvalue weighted by molar-refractivity contribution is -0.123. The molecule has 1 amide bonds. The van der Waals surface area contributed by atoms with Crippen molar-refractivity contribution in [3.63, 3.8) is 0 Å². The van der Waals surface area contributed by atoms with Crippen molar-refractivity contribution < 1.29 is 4.79 Å². The van der Waals surface area contributed by atoms with Crippen molar-refractivity contribution in [3.8, 4) is 11.8 Å². The van der Waals surface area contributed by atoms with Gasteiger partial charge in [-0.2, -0.15) is 0 Å². The zero-order chi connectivity index (χ0) is 14.3. The fraction of sp³-hybridized carbons (Fsp3) is 0.812. The zero-order valence-corrected chi connectivity index (χ0v) is 13.6. The van der Waals surface area contributed by atoms with Gasteiger partial charge in [0.15, 0.2) is 0 Å². The maximum Gasteiger partial charge on any atom is 0.308 e. The lowest BCUT2D eigenvalue weighted by Crippen LogP contribution is -2.47. The molecule has 2 rings (SSSR count). The van der Waals surface area contributed by atoms with Crippen LogP contribution in [-0.2, 0) is 4.79 Å². The first-order valence-electron chi connectivity index (χ1n) is 7.32. The Hall–Kier alpha value is -0.620. The molecule has 106 valence electrons. The minimum atomic E-state index is -0.00780. The number of carbonyl (C=O) groups is 1. The van der Waals surface area contributed by atoms with Gasteiger partial charge in [-0.05, 0) is 49.0 Å². The second kappa shape index (κ2) is 5.05. The molecule has 1 aliphatic heterocycles. The van der Waals surface area contributed by atoms with Crippen molar-refractivity contribution in [2.75, 3.05) is 5.75 Å². The average Bonchev–Trinajstić information content (AvgIpc) is 2.81. The highest BCUT2D eigenvalue weighted by molar-refractivity contribution is 7.97. The van der Waals surface area contributed by atoms with Gasteiger partial charge in [-0.1, -0.05) is 33.6 Å². The number of carbonyl (C=O) groups excluding carboxylic acids is 1. The SMILES string of the molecule is CCC#CC(=O)N1SC[C@@]2(CCC(C)C2(C)C)C1C. The van der Waals surface area contributed by atoms with Crippen molar-refractivity contribution in [3.05, 3.63) is 0 Å². The summed E-state index contributed by atoms with van der Waals surface area (Å²) in [6, 6.07) is 0.288. The molecule has 2 unspecified atom stereocenters. The first-order valence-corrected chi connectivity index (χ1v) is 8.26. The summed E-state index contributed by atoms with van der Waals surface area (Å²) in [6.45, 7) is 11.3. The van der Waals surface area contributed by atoms with Crippen LogP contribution in [0.3, 0.4) is 0 Å². The van der Waals surface area contributed by atoms with E-state index in [4.69, 9.17) is 0 Å². The van der Waals surface area contributed by atoms with Gasteiger partial charge in [-0.25, -0.2) is 0 Å². The molecule has 0 N–H and O–H groups in total. The van der Waals surface area contributed by atoms with Gasteiger partial charge >= 0.3 is 5.91 Å². The average molecular weight is 279 g/mol. The predicted octanol–water partition coefficient (Wildman–Crippen LogP) is 3.72. The van der Waals surface area contributed by atoms with Crippen LogP contribution in [0.15, 0.2) is 0 Å². The van der Waals surface area contributed by atoms with Crippen LogP contribution in [0, 0.1) is 28.6 Å². The van der Waals surface area contributed by atoms with E-state index in [-0.39, 0.29) is 17.4 Å². The minimum absolute atomic E-state index is 0.00780. The molecular weight excluding hydrogens is 254 g/mol. The van der Waals surface area contributed by atoms with E-state index in [2.05, 4.69) is 39.5 Å². The highest BCUT2D eigenvalue weighted by atomic mass is 32.2. The molecule has 0 radical (unpaired) electrons. The van der Waals surface area contributed by atoms with Crippen molar-refractivity contribution in [2.45, 2.75) is 59.9 Å². The lowest BCUT2D eigenvalue weighted by atomic mass is 9.62. The van der Waals surface area contributed by atoms with Gasteiger partial charge in [0.2, 0.25) is 0 Å². The fourth-order valence-electron chi connectivity index (χ4n) is 3.75. The monoisotopic (exact) mass is 279 g/mol. The van der Waals surface area contributed by atoms with E-state index in [0.717, 1.165) is 18.1 Å². The molecule has 1 saturated heterocycles. The molecule has 1 heterocycles. The highest BCUT2D eigenvalue weighted by Crippen LogP contribution is 2.63. The number of rotatable bonds is 0. The molecule has 2 aliphatic rings. The molecule has 19 heavy (non-hydrogen) atoms. The van der Waals surface area contributed by atoms with Gasteiger partial charge in [0.1, 0.15) is 0 Å². The molecule has 2 fully saturated rings. The van der Waals surface area contributed by atoms with Crippen molar-refractivity contribution in [1.82, 2.24) is 4.31 Å². The minimum Gasteiger partial charge on any atom is -0.272 e. The van der Waals surface area contributed by atoms with E-state index in [1.807, 2.05) is 11.2 Å². The summed E-state index contributed by atoms with van der Waals surface area (Å²) in [4.78, 5) is 12.2. The van der Waals surface area contributed by atoms with Crippen LogP contribution in [0.1, 0.15) is 53.9 Å². The van der Waals surface area contributed by atoms with Gasteiger partial charge in [0.05, 0.1) is 0 Å². The van der Waals surface area contributed by atoms with Crippen LogP contribution in [0.4, 0.5) is 0 Å². The number of hydrogen-bond donors (Lipinski definition) is 0. The van der Waals surface area contributed by atoms with E-state index in [1.165, 1.54) is 12.8 Å². The number of nitrogens with zero attached hydrogens (tertiary/aromatic N) is 1. The molecule has 1 aliphatic carbocycles. The summed E-state index contributed by atoms with van der Waals surface area (Å²) in [5, 5.41) is 0. The van der Waals surface area contributed by atoms with Crippen LogP contribution in [0.5, 0.6) is 0 Å². The zero-order valence-electron chi connectivity index (χ0n) is 12.7. The Morgan fingerprint density at radius 1 is 1.42 bits per heavy atom. The summed E-state index contributed by atoms with van der Waals surface area (Å²) in [5.41, 5.74) is 0.563. The molecule has 3 atom stereocenters. The maximum absolute atomic E-state index is 12.2. The molecule has 0 aromatic heterocycles. The Morgan fingerprint density at radius 2 is 2.11 bits per heavy atom. The van der Waals surface area contributed by atoms with Crippen LogP contribution in [-0.4, -0.2) is 22.0 Å². The second-order valence-electron chi connectivity index (χ2n) is 6.55. The van der Waals surface area contributed by atoms with Crippen molar-refractivity contribution in [2.24, 2.45) is 16.7 Å². The van der Waals surface area contributed by atoms with E-state index >= 15 is 0 Å². The normalized spacial score (nSPS) is 36.4. The molecule has 2 nitrogen and oxygen atoms in total.